The fourth-order valence-electron chi connectivity index (χ4n) is 2.91. The van der Waals surface area contributed by atoms with Crippen molar-refractivity contribution >= 4 is 0 Å². The van der Waals surface area contributed by atoms with Crippen molar-refractivity contribution in [3.05, 3.63) is 71.3 Å². The van der Waals surface area contributed by atoms with E-state index in [4.69, 9.17) is 5.84 Å². The third kappa shape index (κ3) is 2.55. The topological polar surface area (TPSA) is 38.0 Å². The van der Waals surface area contributed by atoms with E-state index in [1.807, 2.05) is 0 Å². The lowest BCUT2D eigenvalue weighted by Gasteiger charge is -2.16. The summed E-state index contributed by atoms with van der Waals surface area (Å²) in [5, 5.41) is 0. The Kier molecular flexibility index (Phi) is 3.36. The van der Waals surface area contributed by atoms with Crippen LogP contribution in [-0.4, -0.2) is 0 Å². The van der Waals surface area contributed by atoms with Gasteiger partial charge in [0.1, 0.15) is 0 Å². The predicted molar refractivity (Wildman–Crippen MR) is 78.5 cm³/mol. The van der Waals surface area contributed by atoms with Crippen molar-refractivity contribution in [3.63, 3.8) is 0 Å². The second kappa shape index (κ2) is 5.16. The van der Waals surface area contributed by atoms with Crippen molar-refractivity contribution in [2.45, 2.75) is 25.3 Å². The quantitative estimate of drug-likeness (QED) is 0.647. The normalized spacial score (nSPS) is 23.1. The number of hydrogen-bond donors (Lipinski definition) is 2. The monoisotopic (exact) mass is 252 g/mol. The van der Waals surface area contributed by atoms with Crippen LogP contribution in [-0.2, 0) is 0 Å². The van der Waals surface area contributed by atoms with Crippen LogP contribution in [0.3, 0.4) is 0 Å². The van der Waals surface area contributed by atoms with E-state index >= 15 is 0 Å². The van der Waals surface area contributed by atoms with E-state index in [1.165, 1.54) is 23.1 Å². The molecule has 1 saturated carbocycles. The zero-order valence-corrected chi connectivity index (χ0v) is 11.2. The van der Waals surface area contributed by atoms with Crippen LogP contribution in [0.2, 0.25) is 0 Å². The van der Waals surface area contributed by atoms with Crippen molar-refractivity contribution in [3.8, 4) is 0 Å². The molecule has 3 unspecified atom stereocenters. The van der Waals surface area contributed by atoms with Crippen molar-refractivity contribution in [1.29, 1.82) is 0 Å². The Morgan fingerprint density at radius 3 is 2.37 bits per heavy atom. The van der Waals surface area contributed by atoms with Gasteiger partial charge in [0.15, 0.2) is 0 Å². The van der Waals surface area contributed by atoms with Gasteiger partial charge in [0, 0.05) is 6.04 Å². The zero-order valence-electron chi connectivity index (χ0n) is 11.2. The molecule has 2 nitrogen and oxygen atoms in total. The van der Waals surface area contributed by atoms with Gasteiger partial charge in [-0.15, -0.1) is 0 Å². The Morgan fingerprint density at radius 1 is 1.05 bits per heavy atom. The van der Waals surface area contributed by atoms with Crippen LogP contribution in [0, 0.1) is 12.8 Å². The van der Waals surface area contributed by atoms with E-state index < -0.39 is 0 Å². The molecule has 2 aromatic rings. The van der Waals surface area contributed by atoms with Crippen LogP contribution < -0.4 is 11.3 Å². The molecule has 98 valence electrons. The van der Waals surface area contributed by atoms with E-state index in [9.17, 15) is 0 Å². The highest BCUT2D eigenvalue weighted by Crippen LogP contribution is 2.53. The zero-order chi connectivity index (χ0) is 13.2. The average Bonchev–Trinajstić information content (AvgIpc) is 3.23. The Bertz CT molecular complexity index is 533. The summed E-state index contributed by atoms with van der Waals surface area (Å²) in [5.41, 5.74) is 7.01. The molecule has 0 heterocycles. The highest BCUT2D eigenvalue weighted by Gasteiger charge is 2.43. The Labute approximate surface area is 114 Å². The smallest absolute Gasteiger partial charge is 0.0494 e. The van der Waals surface area contributed by atoms with Gasteiger partial charge >= 0.3 is 0 Å². The number of nitrogens with two attached hydrogens (primary N) is 1. The minimum Gasteiger partial charge on any atom is -0.271 e. The van der Waals surface area contributed by atoms with E-state index in [-0.39, 0.29) is 6.04 Å². The molecule has 3 N–H and O–H groups in total. The second-order valence-corrected chi connectivity index (χ2v) is 5.47. The Hall–Kier alpha value is -1.64. The van der Waals surface area contributed by atoms with E-state index in [0.717, 1.165) is 0 Å². The highest BCUT2D eigenvalue weighted by atomic mass is 15.2. The number of rotatable bonds is 4. The van der Waals surface area contributed by atoms with Crippen molar-refractivity contribution in [2.24, 2.45) is 11.8 Å². The molecule has 19 heavy (non-hydrogen) atoms. The molecule has 0 aliphatic heterocycles. The standard InChI is InChI=1S/C17H20N2/c1-12-7-9-14(10-8-12)17(19-18)16-11-15(16)13-5-3-2-4-6-13/h2-10,15-17,19H,11,18H2,1H3. The molecule has 0 spiro atoms. The van der Waals surface area contributed by atoms with Gasteiger partial charge in [-0.25, -0.2) is 0 Å². The number of nitrogens with one attached hydrogen (secondary N) is 1. The summed E-state index contributed by atoms with van der Waals surface area (Å²) in [6, 6.07) is 19.6. The molecule has 0 amide bonds. The Morgan fingerprint density at radius 2 is 1.74 bits per heavy atom. The first kappa shape index (κ1) is 12.4. The molecule has 3 rings (SSSR count). The molecule has 0 aromatic heterocycles. The van der Waals surface area contributed by atoms with E-state index in [1.54, 1.807) is 0 Å². The molecular weight excluding hydrogens is 232 g/mol. The molecule has 2 heteroatoms. The molecule has 2 aromatic carbocycles. The van der Waals surface area contributed by atoms with Gasteiger partial charge in [0.25, 0.3) is 0 Å². The van der Waals surface area contributed by atoms with Gasteiger partial charge in [-0.05, 0) is 36.3 Å². The van der Waals surface area contributed by atoms with E-state index in [2.05, 4.69) is 66.9 Å². The predicted octanol–water partition coefficient (Wildman–Crippen LogP) is 3.30. The maximum Gasteiger partial charge on any atom is 0.0494 e. The molecule has 1 aliphatic rings. The van der Waals surface area contributed by atoms with Crippen molar-refractivity contribution in [2.75, 3.05) is 0 Å². The SMILES string of the molecule is Cc1ccc(C(NN)C2CC2c2ccccc2)cc1. The number of hydrazine groups is 1. The van der Waals surface area contributed by atoms with Gasteiger partial charge in [-0.3, -0.25) is 11.3 Å². The summed E-state index contributed by atoms with van der Waals surface area (Å²) in [6.07, 6.45) is 1.22. The van der Waals surface area contributed by atoms with Crippen molar-refractivity contribution in [1.82, 2.24) is 5.43 Å². The lowest BCUT2D eigenvalue weighted by molar-refractivity contribution is 0.487. The third-order valence-corrected chi connectivity index (χ3v) is 4.11. The molecule has 3 atom stereocenters. The van der Waals surface area contributed by atoms with Gasteiger partial charge in [-0.1, -0.05) is 60.2 Å². The molecular formula is C17H20N2. The first-order valence-electron chi connectivity index (χ1n) is 6.87. The average molecular weight is 252 g/mol. The molecule has 0 bridgehead atoms. The van der Waals surface area contributed by atoms with Crippen LogP contribution in [0.25, 0.3) is 0 Å². The van der Waals surface area contributed by atoms with Gasteiger partial charge < -0.3 is 0 Å². The Balaban J connectivity index is 1.77. The first-order valence-corrected chi connectivity index (χ1v) is 6.87. The van der Waals surface area contributed by atoms with Crippen LogP contribution in [0.15, 0.2) is 54.6 Å². The fourth-order valence-corrected chi connectivity index (χ4v) is 2.91. The molecule has 0 saturated heterocycles. The molecule has 0 radical (unpaired) electrons. The summed E-state index contributed by atoms with van der Waals surface area (Å²) in [7, 11) is 0. The summed E-state index contributed by atoms with van der Waals surface area (Å²) in [5.74, 6) is 7.02. The van der Waals surface area contributed by atoms with Gasteiger partial charge in [-0.2, -0.15) is 0 Å². The van der Waals surface area contributed by atoms with Crippen LogP contribution in [0.4, 0.5) is 0 Å². The largest absolute Gasteiger partial charge is 0.271 e. The fraction of sp³-hybridized carbons (Fsp3) is 0.294. The summed E-state index contributed by atoms with van der Waals surface area (Å²) >= 11 is 0. The second-order valence-electron chi connectivity index (χ2n) is 5.47. The maximum absolute atomic E-state index is 5.77. The lowest BCUT2D eigenvalue weighted by Crippen LogP contribution is -2.29. The first-order chi connectivity index (χ1) is 9.29. The molecule has 1 fully saturated rings. The van der Waals surface area contributed by atoms with Crippen molar-refractivity contribution < 1.29 is 0 Å². The minimum atomic E-state index is 0.255. The number of hydrogen-bond acceptors (Lipinski definition) is 2. The molecule has 1 aliphatic carbocycles. The lowest BCUT2D eigenvalue weighted by atomic mass is 9.98. The minimum absolute atomic E-state index is 0.255. The summed E-state index contributed by atoms with van der Waals surface area (Å²) in [6.45, 7) is 2.11. The maximum atomic E-state index is 5.77. The third-order valence-electron chi connectivity index (χ3n) is 4.11. The van der Waals surface area contributed by atoms with E-state index in [0.29, 0.717) is 11.8 Å². The highest BCUT2D eigenvalue weighted by molar-refractivity contribution is 5.31. The van der Waals surface area contributed by atoms with Gasteiger partial charge in [0.2, 0.25) is 0 Å². The summed E-state index contributed by atoms with van der Waals surface area (Å²) < 4.78 is 0. The van der Waals surface area contributed by atoms with Gasteiger partial charge in [0.05, 0.1) is 0 Å². The summed E-state index contributed by atoms with van der Waals surface area (Å²) in [4.78, 5) is 0. The number of aryl methyl sites for hydroxylation is 1. The van der Waals surface area contributed by atoms with Crippen LogP contribution >= 0.6 is 0 Å². The van der Waals surface area contributed by atoms with Crippen LogP contribution in [0.1, 0.15) is 35.1 Å². The number of benzene rings is 2. The van der Waals surface area contributed by atoms with Crippen LogP contribution in [0.5, 0.6) is 0 Å².